The molecular weight excluding hydrogens is 458 g/mol. The first-order valence-electron chi connectivity index (χ1n) is 7.41. The summed E-state index contributed by atoms with van der Waals surface area (Å²) in [6.07, 6.45) is 2.88. The van der Waals surface area contributed by atoms with Crippen LogP contribution in [0.15, 0.2) is 40.4 Å². The summed E-state index contributed by atoms with van der Waals surface area (Å²) in [5.41, 5.74) is 0. The Morgan fingerprint density at radius 1 is 1.29 bits per heavy atom. The second-order valence-corrected chi connectivity index (χ2v) is 7.36. The molecule has 2 N–H and O–H groups in total. The fourth-order valence-corrected chi connectivity index (χ4v) is 3.44. The molecule has 0 spiro atoms. The second kappa shape index (κ2) is 11.6. The Hall–Kier alpha value is -0.870. The number of aliphatic imine (C=N–C) groups is 1. The number of aromatic nitrogens is 1. The lowest BCUT2D eigenvalue weighted by Gasteiger charge is -2.10. The number of rotatable bonds is 7. The monoisotopic (exact) mass is 480 g/mol. The van der Waals surface area contributed by atoms with Crippen molar-refractivity contribution in [1.82, 2.24) is 15.6 Å². The van der Waals surface area contributed by atoms with Crippen molar-refractivity contribution in [2.45, 2.75) is 24.8 Å². The molecule has 0 saturated carbocycles. The quantitative estimate of drug-likeness (QED) is 0.206. The number of nitrogens with one attached hydrogen (secondary N) is 2. The van der Waals surface area contributed by atoms with Crippen molar-refractivity contribution >= 4 is 53.0 Å². The number of aryl methyl sites for hydroxylation is 1. The summed E-state index contributed by atoms with van der Waals surface area (Å²) < 4.78 is 12.8. The first-order valence-corrected chi connectivity index (χ1v) is 9.22. The lowest BCUT2D eigenvalue weighted by atomic mass is 10.4. The molecule has 0 saturated heterocycles. The van der Waals surface area contributed by atoms with E-state index >= 15 is 0 Å². The zero-order valence-corrected chi connectivity index (χ0v) is 17.7. The molecule has 0 atom stereocenters. The van der Waals surface area contributed by atoms with Crippen molar-refractivity contribution in [2.75, 3.05) is 19.3 Å². The molecule has 0 aliphatic rings. The van der Waals surface area contributed by atoms with Crippen molar-refractivity contribution < 1.29 is 4.39 Å². The minimum absolute atomic E-state index is 0. The highest BCUT2D eigenvalue weighted by atomic mass is 127. The molecule has 4 nitrogen and oxygen atoms in total. The third kappa shape index (κ3) is 7.80. The van der Waals surface area contributed by atoms with Crippen LogP contribution in [0.3, 0.4) is 0 Å². The Labute approximate surface area is 167 Å². The predicted octanol–water partition coefficient (Wildman–Crippen LogP) is 4.06. The van der Waals surface area contributed by atoms with Crippen LogP contribution in [-0.4, -0.2) is 30.3 Å². The van der Waals surface area contributed by atoms with Crippen molar-refractivity contribution in [2.24, 2.45) is 4.99 Å². The molecule has 2 aromatic rings. The van der Waals surface area contributed by atoms with Crippen molar-refractivity contribution in [3.8, 4) is 0 Å². The van der Waals surface area contributed by atoms with Gasteiger partial charge >= 0.3 is 0 Å². The van der Waals surface area contributed by atoms with Crippen molar-refractivity contribution in [1.29, 1.82) is 0 Å². The van der Waals surface area contributed by atoms with Gasteiger partial charge in [0.1, 0.15) is 10.8 Å². The van der Waals surface area contributed by atoms with E-state index in [1.165, 1.54) is 17.0 Å². The van der Waals surface area contributed by atoms with E-state index in [-0.39, 0.29) is 29.8 Å². The molecule has 1 heterocycles. The lowest BCUT2D eigenvalue weighted by molar-refractivity contribution is 0.626. The van der Waals surface area contributed by atoms with E-state index in [0.717, 1.165) is 34.6 Å². The minimum atomic E-state index is -0.193. The van der Waals surface area contributed by atoms with Gasteiger partial charge in [-0.15, -0.1) is 47.1 Å². The number of guanidine groups is 1. The van der Waals surface area contributed by atoms with E-state index in [1.54, 1.807) is 30.1 Å². The highest BCUT2D eigenvalue weighted by molar-refractivity contribution is 14.0. The molecule has 0 aliphatic carbocycles. The van der Waals surface area contributed by atoms with Crippen LogP contribution in [0.25, 0.3) is 0 Å². The fraction of sp³-hybridized carbons (Fsp3) is 0.375. The molecule has 1 aromatic carbocycles. The average Bonchev–Trinajstić information content (AvgIpc) is 2.97. The molecule has 8 heteroatoms. The summed E-state index contributed by atoms with van der Waals surface area (Å²) in [5.74, 6) is 1.56. The number of thiazole rings is 1. The third-order valence-electron chi connectivity index (χ3n) is 3.00. The summed E-state index contributed by atoms with van der Waals surface area (Å²) in [6, 6.07) is 6.60. The van der Waals surface area contributed by atoms with Gasteiger partial charge in [0.05, 0.1) is 6.54 Å². The maximum absolute atomic E-state index is 12.8. The maximum Gasteiger partial charge on any atom is 0.191 e. The molecule has 0 bridgehead atoms. The Bertz CT molecular complexity index is 631. The van der Waals surface area contributed by atoms with Gasteiger partial charge in [0.15, 0.2) is 5.96 Å². The molecule has 1 aromatic heterocycles. The van der Waals surface area contributed by atoms with Gasteiger partial charge in [-0.3, -0.25) is 4.99 Å². The molecule has 0 amide bonds. The summed E-state index contributed by atoms with van der Waals surface area (Å²) in [4.78, 5) is 10.8. The van der Waals surface area contributed by atoms with Crippen LogP contribution in [0.4, 0.5) is 4.39 Å². The van der Waals surface area contributed by atoms with Crippen molar-refractivity contribution in [3.05, 3.63) is 46.2 Å². The van der Waals surface area contributed by atoms with E-state index in [1.807, 2.05) is 25.3 Å². The SMILES string of the molecule is CN=C(NCCCSc1ccc(F)cc1)NCc1ncc(C)s1.I. The van der Waals surface area contributed by atoms with Gasteiger partial charge in [-0.1, -0.05) is 0 Å². The average molecular weight is 480 g/mol. The van der Waals surface area contributed by atoms with E-state index in [2.05, 4.69) is 20.6 Å². The smallest absolute Gasteiger partial charge is 0.191 e. The largest absolute Gasteiger partial charge is 0.356 e. The van der Waals surface area contributed by atoms with Gasteiger partial charge in [0.2, 0.25) is 0 Å². The Morgan fingerprint density at radius 3 is 2.67 bits per heavy atom. The number of nitrogens with zero attached hydrogens (tertiary/aromatic N) is 2. The van der Waals surface area contributed by atoms with Gasteiger partial charge in [0, 0.05) is 29.6 Å². The van der Waals surface area contributed by atoms with Crippen LogP contribution >= 0.6 is 47.1 Å². The molecule has 0 unspecified atom stereocenters. The van der Waals surface area contributed by atoms with Crippen molar-refractivity contribution in [3.63, 3.8) is 0 Å². The number of thioether (sulfide) groups is 1. The number of hydrogen-bond donors (Lipinski definition) is 2. The molecule has 132 valence electrons. The van der Waals surface area contributed by atoms with Crippen LogP contribution < -0.4 is 10.6 Å². The Morgan fingerprint density at radius 2 is 2.04 bits per heavy atom. The first kappa shape index (κ1) is 21.2. The van der Waals surface area contributed by atoms with Gasteiger partial charge < -0.3 is 10.6 Å². The predicted molar refractivity (Wildman–Crippen MR) is 112 cm³/mol. The van der Waals surface area contributed by atoms with Crippen LogP contribution in [0, 0.1) is 12.7 Å². The van der Waals surface area contributed by atoms with E-state index in [4.69, 9.17) is 0 Å². The fourth-order valence-electron chi connectivity index (χ4n) is 1.86. The van der Waals surface area contributed by atoms with E-state index in [0.29, 0.717) is 6.54 Å². The number of hydrogen-bond acceptors (Lipinski definition) is 4. The summed E-state index contributed by atoms with van der Waals surface area (Å²) in [7, 11) is 1.76. The highest BCUT2D eigenvalue weighted by Gasteiger charge is 2.01. The van der Waals surface area contributed by atoms with Gasteiger partial charge in [-0.05, 0) is 43.4 Å². The Balaban J connectivity index is 0.00000288. The van der Waals surface area contributed by atoms with Crippen LogP contribution in [-0.2, 0) is 6.54 Å². The maximum atomic E-state index is 12.8. The highest BCUT2D eigenvalue weighted by Crippen LogP contribution is 2.18. The zero-order chi connectivity index (χ0) is 16.5. The molecule has 0 radical (unpaired) electrons. The van der Waals surface area contributed by atoms with Crippen LogP contribution in [0.2, 0.25) is 0 Å². The molecule has 24 heavy (non-hydrogen) atoms. The summed E-state index contributed by atoms with van der Waals surface area (Å²) in [5, 5.41) is 7.59. The third-order valence-corrected chi connectivity index (χ3v) is 5.01. The zero-order valence-electron chi connectivity index (χ0n) is 13.7. The molecule has 0 fully saturated rings. The van der Waals surface area contributed by atoms with Crippen LogP contribution in [0.5, 0.6) is 0 Å². The van der Waals surface area contributed by atoms with Gasteiger partial charge in [-0.25, -0.2) is 9.37 Å². The summed E-state index contributed by atoms with van der Waals surface area (Å²) >= 11 is 3.41. The Kier molecular flexibility index (Phi) is 10.3. The summed E-state index contributed by atoms with van der Waals surface area (Å²) in [6.45, 7) is 3.57. The first-order chi connectivity index (χ1) is 11.2. The number of halogens is 2. The molecule has 2 rings (SSSR count). The van der Waals surface area contributed by atoms with E-state index < -0.39 is 0 Å². The molecular formula is C16H22FIN4S2. The number of benzene rings is 1. The molecule has 0 aliphatic heterocycles. The normalized spacial score (nSPS) is 11.0. The van der Waals surface area contributed by atoms with Gasteiger partial charge in [0.25, 0.3) is 0 Å². The topological polar surface area (TPSA) is 49.3 Å². The van der Waals surface area contributed by atoms with Crippen LogP contribution in [0.1, 0.15) is 16.3 Å². The lowest BCUT2D eigenvalue weighted by Crippen LogP contribution is -2.37. The van der Waals surface area contributed by atoms with E-state index in [9.17, 15) is 4.39 Å². The second-order valence-electron chi connectivity index (χ2n) is 4.87. The standard InChI is InChI=1S/C16H21FN4S2.HI/c1-12-10-20-15(23-12)11-21-16(18-2)19-8-3-9-22-14-6-4-13(17)5-7-14;/h4-7,10H,3,8-9,11H2,1-2H3,(H2,18,19,21);1H. The minimum Gasteiger partial charge on any atom is -0.356 e. The van der Waals surface area contributed by atoms with Gasteiger partial charge in [-0.2, -0.15) is 0 Å².